The van der Waals surface area contributed by atoms with E-state index in [1.807, 2.05) is 18.2 Å². The van der Waals surface area contributed by atoms with Gasteiger partial charge in [-0.2, -0.15) is 0 Å². The second-order valence-electron chi connectivity index (χ2n) is 6.10. The number of nitrogens with zero attached hydrogens (tertiary/aromatic N) is 1. The molecule has 0 radical (unpaired) electrons. The maximum atomic E-state index is 12.2. The van der Waals surface area contributed by atoms with Gasteiger partial charge >= 0.3 is 0 Å². The number of hydrogen-bond acceptors (Lipinski definition) is 4. The molecule has 6 heteroatoms. The summed E-state index contributed by atoms with van der Waals surface area (Å²) in [4.78, 5) is 27.7. The number of amides is 2. The Morgan fingerprint density at radius 2 is 1.77 bits per heavy atom. The minimum absolute atomic E-state index is 0.0180. The lowest BCUT2D eigenvalue weighted by Crippen LogP contribution is -2.12. The fourth-order valence-electron chi connectivity index (χ4n) is 2.63. The van der Waals surface area contributed by atoms with Crippen LogP contribution in [0.15, 0.2) is 42.5 Å². The zero-order valence-corrected chi connectivity index (χ0v) is 15.7. The molecule has 0 bridgehead atoms. The number of carbonyl (C=O) groups excluding carboxylic acids is 2. The predicted octanol–water partition coefficient (Wildman–Crippen LogP) is 4.39. The molecule has 134 valence electrons. The van der Waals surface area contributed by atoms with E-state index >= 15 is 0 Å². The van der Waals surface area contributed by atoms with Crippen LogP contribution in [0.25, 0.3) is 10.2 Å². The van der Waals surface area contributed by atoms with Crippen molar-refractivity contribution in [3.63, 3.8) is 0 Å². The fourth-order valence-corrected chi connectivity index (χ4v) is 3.58. The molecule has 1 aromatic heterocycles. The Bertz CT molecular complexity index is 932. The monoisotopic (exact) mass is 367 g/mol. The van der Waals surface area contributed by atoms with Gasteiger partial charge in [-0.3, -0.25) is 9.59 Å². The summed E-state index contributed by atoms with van der Waals surface area (Å²) in [7, 11) is 0. The van der Waals surface area contributed by atoms with E-state index in [2.05, 4.69) is 46.8 Å². The number of hydrogen-bond donors (Lipinski definition) is 2. The normalized spacial score (nSPS) is 10.7. The molecule has 1 heterocycles. The number of aryl methyl sites for hydroxylation is 2. The average Bonchev–Trinajstić information content (AvgIpc) is 3.01. The minimum atomic E-state index is -0.149. The molecule has 0 atom stereocenters. The van der Waals surface area contributed by atoms with Crippen LogP contribution in [0.1, 0.15) is 31.4 Å². The first-order valence-electron chi connectivity index (χ1n) is 8.59. The molecule has 3 rings (SSSR count). The highest BCUT2D eigenvalue weighted by Gasteiger charge is 2.08. The Morgan fingerprint density at radius 1 is 1.04 bits per heavy atom. The molecule has 5 nitrogen and oxygen atoms in total. The van der Waals surface area contributed by atoms with Crippen molar-refractivity contribution in [1.29, 1.82) is 0 Å². The summed E-state index contributed by atoms with van der Waals surface area (Å²) in [5, 5.41) is 6.17. The van der Waals surface area contributed by atoms with Crippen LogP contribution in [0.5, 0.6) is 0 Å². The third-order valence-corrected chi connectivity index (χ3v) is 4.96. The van der Waals surface area contributed by atoms with Crippen LogP contribution in [-0.4, -0.2) is 16.8 Å². The van der Waals surface area contributed by atoms with Crippen LogP contribution in [0.3, 0.4) is 0 Å². The molecule has 0 aliphatic carbocycles. The number of anilines is 2. The fraction of sp³-hybridized carbons (Fsp3) is 0.250. The van der Waals surface area contributed by atoms with E-state index in [0.29, 0.717) is 18.0 Å². The van der Waals surface area contributed by atoms with Gasteiger partial charge in [0.1, 0.15) is 0 Å². The molecule has 0 spiro atoms. The summed E-state index contributed by atoms with van der Waals surface area (Å²) in [5.74, 6) is -0.167. The van der Waals surface area contributed by atoms with Crippen molar-refractivity contribution in [2.45, 2.75) is 33.1 Å². The zero-order chi connectivity index (χ0) is 18.5. The Morgan fingerprint density at radius 3 is 2.46 bits per heavy atom. The summed E-state index contributed by atoms with van der Waals surface area (Å²) < 4.78 is 0.918. The number of fused-ring (bicyclic) bond motifs is 1. The Hall–Kier alpha value is -2.73. The summed E-state index contributed by atoms with van der Waals surface area (Å²) >= 11 is 1.39. The van der Waals surface area contributed by atoms with Gasteiger partial charge < -0.3 is 10.6 Å². The highest BCUT2D eigenvalue weighted by Crippen LogP contribution is 2.28. The quantitative estimate of drug-likeness (QED) is 0.679. The molecule has 0 unspecified atom stereocenters. The standard InChI is InChI=1S/C20H21N3O2S/c1-3-14-4-6-15(7-5-14)8-11-19(25)22-16-9-10-17-18(12-16)26-20(23-17)21-13(2)24/h4-7,9-10,12H,3,8,11H2,1-2H3,(H,22,25)(H,21,23,24). The van der Waals surface area contributed by atoms with Gasteiger partial charge in [0, 0.05) is 19.0 Å². The molecule has 0 aliphatic rings. The van der Waals surface area contributed by atoms with Crippen molar-refractivity contribution >= 4 is 44.2 Å². The van der Waals surface area contributed by atoms with Crippen molar-refractivity contribution in [1.82, 2.24) is 4.98 Å². The molecule has 2 amide bonds. The predicted molar refractivity (Wildman–Crippen MR) is 107 cm³/mol. The highest BCUT2D eigenvalue weighted by molar-refractivity contribution is 7.22. The molecule has 2 N–H and O–H groups in total. The summed E-state index contributed by atoms with van der Waals surface area (Å²) in [6.07, 6.45) is 2.17. The van der Waals surface area contributed by atoms with Crippen molar-refractivity contribution in [3.05, 3.63) is 53.6 Å². The van der Waals surface area contributed by atoms with E-state index in [1.54, 1.807) is 0 Å². The second kappa shape index (κ2) is 8.10. The lowest BCUT2D eigenvalue weighted by Gasteiger charge is -2.06. The van der Waals surface area contributed by atoms with Crippen LogP contribution < -0.4 is 10.6 Å². The van der Waals surface area contributed by atoms with E-state index in [9.17, 15) is 9.59 Å². The van der Waals surface area contributed by atoms with E-state index < -0.39 is 0 Å². The van der Waals surface area contributed by atoms with E-state index in [4.69, 9.17) is 0 Å². The first-order chi connectivity index (χ1) is 12.5. The molecular formula is C20H21N3O2S. The SMILES string of the molecule is CCc1ccc(CCC(=O)Nc2ccc3nc(NC(C)=O)sc3c2)cc1. The van der Waals surface area contributed by atoms with Crippen LogP contribution in [0, 0.1) is 0 Å². The Balaban J connectivity index is 1.60. The maximum absolute atomic E-state index is 12.2. The molecule has 3 aromatic rings. The number of nitrogens with one attached hydrogen (secondary N) is 2. The van der Waals surface area contributed by atoms with Crippen molar-refractivity contribution in [2.24, 2.45) is 0 Å². The molecule has 26 heavy (non-hydrogen) atoms. The summed E-state index contributed by atoms with van der Waals surface area (Å²) in [6, 6.07) is 13.9. The van der Waals surface area contributed by atoms with E-state index in [-0.39, 0.29) is 11.8 Å². The third kappa shape index (κ3) is 4.67. The molecule has 0 fully saturated rings. The van der Waals surface area contributed by atoms with Crippen molar-refractivity contribution in [3.8, 4) is 0 Å². The Kier molecular flexibility index (Phi) is 5.63. The zero-order valence-electron chi connectivity index (χ0n) is 14.8. The van der Waals surface area contributed by atoms with Gasteiger partial charge in [-0.1, -0.05) is 42.5 Å². The number of thiazole rings is 1. The number of aromatic nitrogens is 1. The lowest BCUT2D eigenvalue weighted by atomic mass is 10.1. The second-order valence-corrected chi connectivity index (χ2v) is 7.13. The molecule has 0 saturated heterocycles. The highest BCUT2D eigenvalue weighted by atomic mass is 32.1. The topological polar surface area (TPSA) is 71.1 Å². The third-order valence-electron chi connectivity index (χ3n) is 4.03. The maximum Gasteiger partial charge on any atom is 0.224 e. The smallest absolute Gasteiger partial charge is 0.224 e. The van der Waals surface area contributed by atoms with Gasteiger partial charge in [0.2, 0.25) is 11.8 Å². The summed E-state index contributed by atoms with van der Waals surface area (Å²) in [5.41, 5.74) is 4.00. The molecule has 2 aromatic carbocycles. The number of carbonyl (C=O) groups is 2. The molecule has 0 saturated carbocycles. The largest absolute Gasteiger partial charge is 0.326 e. The van der Waals surface area contributed by atoms with Crippen molar-refractivity contribution < 1.29 is 9.59 Å². The van der Waals surface area contributed by atoms with E-state index in [1.165, 1.54) is 23.8 Å². The first-order valence-corrected chi connectivity index (χ1v) is 9.41. The van der Waals surface area contributed by atoms with Crippen LogP contribution >= 0.6 is 11.3 Å². The molecular weight excluding hydrogens is 346 g/mol. The van der Waals surface area contributed by atoms with Gasteiger partial charge in [0.05, 0.1) is 10.2 Å². The number of rotatable bonds is 6. The van der Waals surface area contributed by atoms with Gasteiger partial charge in [-0.15, -0.1) is 0 Å². The minimum Gasteiger partial charge on any atom is -0.326 e. The van der Waals surface area contributed by atoms with Crippen LogP contribution in [0.2, 0.25) is 0 Å². The first kappa shape index (κ1) is 18.1. The van der Waals surface area contributed by atoms with Gasteiger partial charge in [-0.05, 0) is 42.2 Å². The van der Waals surface area contributed by atoms with Gasteiger partial charge in [0.15, 0.2) is 5.13 Å². The van der Waals surface area contributed by atoms with Gasteiger partial charge in [-0.25, -0.2) is 4.98 Å². The average molecular weight is 367 g/mol. The molecule has 0 aliphatic heterocycles. The van der Waals surface area contributed by atoms with E-state index in [0.717, 1.165) is 27.9 Å². The van der Waals surface area contributed by atoms with Crippen LogP contribution in [-0.2, 0) is 22.4 Å². The Labute approximate surface area is 156 Å². The van der Waals surface area contributed by atoms with Gasteiger partial charge in [0.25, 0.3) is 0 Å². The summed E-state index contributed by atoms with van der Waals surface area (Å²) in [6.45, 7) is 3.58. The number of benzene rings is 2. The van der Waals surface area contributed by atoms with Crippen molar-refractivity contribution in [2.75, 3.05) is 10.6 Å². The lowest BCUT2D eigenvalue weighted by molar-refractivity contribution is -0.116. The van der Waals surface area contributed by atoms with Crippen LogP contribution in [0.4, 0.5) is 10.8 Å².